The minimum absolute atomic E-state index is 0.447. The van der Waals surface area contributed by atoms with Crippen LogP contribution < -0.4 is 4.74 Å². The molecule has 0 fully saturated rings. The average molecular weight is 458 g/mol. The Balaban J connectivity index is 1.68. The van der Waals surface area contributed by atoms with Crippen LogP contribution in [0.4, 0.5) is 0 Å². The second-order valence-corrected chi connectivity index (χ2v) is 8.15. The lowest BCUT2D eigenvalue weighted by atomic mass is 10.1. The molecule has 0 radical (unpaired) electrons. The third kappa shape index (κ3) is 4.45. The van der Waals surface area contributed by atoms with E-state index in [0.717, 1.165) is 32.2 Å². The number of hydrogen-bond acceptors (Lipinski definition) is 3. The molecule has 0 aliphatic carbocycles. The van der Waals surface area contributed by atoms with Gasteiger partial charge in [0.2, 0.25) is 0 Å². The monoisotopic (exact) mass is 457 g/mol. The molecule has 0 aliphatic rings. The standard InChI is InChI=1S/C25H20BrN3O/c1-16-4-3-5-18(10-16)15-30-24-9-7-21(26)13-19(24)12-20(14-27)25-28-22-8-6-17(2)11-23(22)29-25/h3-13H,15H2,1-2H3,(H,28,29)/b20-12-. The van der Waals surface area contributed by atoms with E-state index in [1.807, 2.05) is 55.5 Å². The fourth-order valence-electron chi connectivity index (χ4n) is 3.29. The summed E-state index contributed by atoms with van der Waals surface area (Å²) in [6.45, 7) is 4.54. The Morgan fingerprint density at radius 3 is 2.73 bits per heavy atom. The number of fused-ring (bicyclic) bond motifs is 1. The average Bonchev–Trinajstić information content (AvgIpc) is 3.14. The summed E-state index contributed by atoms with van der Waals surface area (Å²) < 4.78 is 6.99. The van der Waals surface area contributed by atoms with E-state index in [0.29, 0.717) is 23.8 Å². The molecule has 4 aromatic rings. The van der Waals surface area contributed by atoms with Crippen molar-refractivity contribution in [3.8, 4) is 11.8 Å². The van der Waals surface area contributed by atoms with Gasteiger partial charge < -0.3 is 9.72 Å². The summed E-state index contributed by atoms with van der Waals surface area (Å²) in [7, 11) is 0. The maximum absolute atomic E-state index is 9.79. The summed E-state index contributed by atoms with van der Waals surface area (Å²) in [5.41, 5.74) is 6.43. The van der Waals surface area contributed by atoms with Gasteiger partial charge >= 0.3 is 0 Å². The van der Waals surface area contributed by atoms with Crippen molar-refractivity contribution in [2.45, 2.75) is 20.5 Å². The Morgan fingerprint density at radius 1 is 1.10 bits per heavy atom. The normalized spacial score (nSPS) is 11.5. The Hall–Kier alpha value is -3.36. The van der Waals surface area contributed by atoms with Gasteiger partial charge in [-0.25, -0.2) is 4.98 Å². The van der Waals surface area contributed by atoms with Crippen LogP contribution >= 0.6 is 15.9 Å². The molecule has 0 saturated heterocycles. The molecule has 3 aromatic carbocycles. The largest absolute Gasteiger partial charge is 0.488 e. The van der Waals surface area contributed by atoms with Crippen molar-refractivity contribution in [1.82, 2.24) is 9.97 Å². The maximum atomic E-state index is 9.79. The second kappa shape index (κ2) is 8.56. The first-order chi connectivity index (χ1) is 14.5. The Kier molecular flexibility index (Phi) is 5.69. The highest BCUT2D eigenvalue weighted by Crippen LogP contribution is 2.28. The third-order valence-electron chi connectivity index (χ3n) is 4.76. The number of hydrogen-bond donors (Lipinski definition) is 1. The number of halogens is 1. The van der Waals surface area contributed by atoms with Gasteiger partial charge in [-0.1, -0.05) is 51.8 Å². The molecule has 1 heterocycles. The number of allylic oxidation sites excluding steroid dienone is 1. The quantitative estimate of drug-likeness (QED) is 0.344. The summed E-state index contributed by atoms with van der Waals surface area (Å²) in [5, 5.41) is 9.79. The zero-order valence-electron chi connectivity index (χ0n) is 16.7. The van der Waals surface area contributed by atoms with E-state index in [-0.39, 0.29) is 0 Å². The van der Waals surface area contributed by atoms with Crippen LogP contribution in [0.2, 0.25) is 0 Å². The molecule has 1 aromatic heterocycles. The fourth-order valence-corrected chi connectivity index (χ4v) is 3.67. The lowest BCUT2D eigenvalue weighted by Crippen LogP contribution is -1.98. The van der Waals surface area contributed by atoms with Crippen molar-refractivity contribution in [3.05, 3.63) is 93.2 Å². The molecule has 5 heteroatoms. The zero-order chi connectivity index (χ0) is 21.1. The highest BCUT2D eigenvalue weighted by molar-refractivity contribution is 9.10. The predicted molar refractivity (Wildman–Crippen MR) is 124 cm³/mol. The van der Waals surface area contributed by atoms with Gasteiger partial charge in [-0.3, -0.25) is 0 Å². The van der Waals surface area contributed by atoms with Crippen LogP contribution in [0.15, 0.2) is 65.1 Å². The lowest BCUT2D eigenvalue weighted by Gasteiger charge is -2.11. The third-order valence-corrected chi connectivity index (χ3v) is 5.25. The van der Waals surface area contributed by atoms with Crippen molar-refractivity contribution in [3.63, 3.8) is 0 Å². The fraction of sp³-hybridized carbons (Fsp3) is 0.120. The summed E-state index contributed by atoms with van der Waals surface area (Å²) >= 11 is 3.51. The van der Waals surface area contributed by atoms with Gasteiger partial charge in [0.1, 0.15) is 24.3 Å². The van der Waals surface area contributed by atoms with Gasteiger partial charge in [0.25, 0.3) is 0 Å². The molecule has 4 nitrogen and oxygen atoms in total. The second-order valence-electron chi connectivity index (χ2n) is 7.24. The van der Waals surface area contributed by atoms with E-state index < -0.39 is 0 Å². The number of aromatic nitrogens is 2. The number of nitriles is 1. The van der Waals surface area contributed by atoms with Crippen molar-refractivity contribution in [2.75, 3.05) is 0 Å². The van der Waals surface area contributed by atoms with Crippen LogP contribution in [0.1, 0.15) is 28.1 Å². The Morgan fingerprint density at radius 2 is 1.93 bits per heavy atom. The van der Waals surface area contributed by atoms with Crippen LogP contribution in [-0.2, 0) is 6.61 Å². The molecule has 0 aliphatic heterocycles. The molecule has 1 N–H and O–H groups in total. The van der Waals surface area contributed by atoms with Gasteiger partial charge in [0, 0.05) is 10.0 Å². The van der Waals surface area contributed by atoms with E-state index in [9.17, 15) is 5.26 Å². The number of aryl methyl sites for hydroxylation is 2. The van der Waals surface area contributed by atoms with E-state index in [2.05, 4.69) is 51.0 Å². The highest BCUT2D eigenvalue weighted by atomic mass is 79.9. The molecule has 0 spiro atoms. The molecule has 148 valence electrons. The molecular formula is C25H20BrN3O. The number of imidazole rings is 1. The molecule has 0 amide bonds. The van der Waals surface area contributed by atoms with E-state index in [1.165, 1.54) is 5.56 Å². The minimum atomic E-state index is 0.447. The van der Waals surface area contributed by atoms with Crippen molar-refractivity contribution >= 4 is 38.6 Å². The SMILES string of the molecule is Cc1cccc(COc2ccc(Br)cc2/C=C(/C#N)c2nc3ccc(C)cc3[nH]2)c1. The molecule has 30 heavy (non-hydrogen) atoms. The smallest absolute Gasteiger partial charge is 0.149 e. The van der Waals surface area contributed by atoms with Gasteiger partial charge in [-0.2, -0.15) is 5.26 Å². The predicted octanol–water partition coefficient (Wildman–Crippen LogP) is 6.59. The van der Waals surface area contributed by atoms with Crippen LogP contribution in [-0.4, -0.2) is 9.97 Å². The van der Waals surface area contributed by atoms with Gasteiger partial charge in [0.05, 0.1) is 16.6 Å². The topological polar surface area (TPSA) is 61.7 Å². The van der Waals surface area contributed by atoms with Crippen LogP contribution in [0.3, 0.4) is 0 Å². The van der Waals surface area contributed by atoms with E-state index in [1.54, 1.807) is 6.08 Å². The first-order valence-electron chi connectivity index (χ1n) is 9.58. The summed E-state index contributed by atoms with van der Waals surface area (Å²) in [4.78, 5) is 7.83. The molecule has 0 atom stereocenters. The van der Waals surface area contributed by atoms with Gasteiger partial charge in [-0.05, 0) is 61.4 Å². The number of benzene rings is 3. The summed E-state index contributed by atoms with van der Waals surface area (Å²) in [5.74, 6) is 1.25. The number of aromatic amines is 1. The van der Waals surface area contributed by atoms with Crippen molar-refractivity contribution < 1.29 is 4.74 Å². The molecule has 4 rings (SSSR count). The summed E-state index contributed by atoms with van der Waals surface area (Å²) in [6, 6.07) is 22.3. The number of ether oxygens (including phenoxy) is 1. The van der Waals surface area contributed by atoms with E-state index >= 15 is 0 Å². The first kappa shape index (κ1) is 19.9. The van der Waals surface area contributed by atoms with E-state index in [4.69, 9.17) is 4.74 Å². The Bertz CT molecular complexity index is 1300. The van der Waals surface area contributed by atoms with Gasteiger partial charge in [0.15, 0.2) is 0 Å². The van der Waals surface area contributed by atoms with Gasteiger partial charge in [-0.15, -0.1) is 0 Å². The lowest BCUT2D eigenvalue weighted by molar-refractivity contribution is 0.305. The number of nitrogens with one attached hydrogen (secondary N) is 1. The van der Waals surface area contributed by atoms with Crippen molar-refractivity contribution in [2.24, 2.45) is 0 Å². The number of H-pyrrole nitrogens is 1. The molecule has 0 bridgehead atoms. The summed E-state index contributed by atoms with van der Waals surface area (Å²) in [6.07, 6.45) is 1.81. The highest BCUT2D eigenvalue weighted by Gasteiger charge is 2.11. The Labute approximate surface area is 184 Å². The first-order valence-corrected chi connectivity index (χ1v) is 10.4. The van der Waals surface area contributed by atoms with Crippen LogP contribution in [0, 0.1) is 25.2 Å². The molecule has 0 unspecified atom stereocenters. The van der Waals surface area contributed by atoms with Crippen LogP contribution in [0.25, 0.3) is 22.7 Å². The van der Waals surface area contributed by atoms with Crippen LogP contribution in [0.5, 0.6) is 5.75 Å². The number of nitrogens with zero attached hydrogens (tertiary/aromatic N) is 2. The van der Waals surface area contributed by atoms with Crippen molar-refractivity contribution in [1.29, 1.82) is 5.26 Å². The molecule has 0 saturated carbocycles. The number of rotatable bonds is 5. The maximum Gasteiger partial charge on any atom is 0.149 e. The minimum Gasteiger partial charge on any atom is -0.488 e. The zero-order valence-corrected chi connectivity index (χ0v) is 18.3. The molecular weight excluding hydrogens is 438 g/mol.